The number of alkyl halides is 1. The number of ether oxygens (including phenoxy) is 2. The Morgan fingerprint density at radius 1 is 1.11 bits per heavy atom. The summed E-state index contributed by atoms with van der Waals surface area (Å²) in [5, 5.41) is 0.605. The Hall–Kier alpha value is -0.900. The minimum atomic E-state index is 0.361. The lowest BCUT2D eigenvalue weighted by atomic mass is 10.2. The fourth-order valence-corrected chi connectivity index (χ4v) is 2.37. The Balaban J connectivity index is 2.33. The van der Waals surface area contributed by atoms with Crippen LogP contribution in [0.25, 0.3) is 0 Å². The van der Waals surface area contributed by atoms with Gasteiger partial charge in [0.15, 0.2) is 0 Å². The van der Waals surface area contributed by atoms with Crippen molar-refractivity contribution in [2.75, 3.05) is 7.11 Å². The number of methoxy groups -OCH3 is 1. The normalized spacial score (nSPS) is 10.3. The Morgan fingerprint density at radius 2 is 1.89 bits per heavy atom. The maximum atomic E-state index is 5.97. The molecule has 2 rings (SSSR count). The Morgan fingerprint density at radius 3 is 2.53 bits per heavy atom. The average molecular weight is 362 g/mol. The zero-order chi connectivity index (χ0) is 13.8. The zero-order valence-corrected chi connectivity index (χ0v) is 13.2. The molecule has 0 aliphatic carbocycles. The van der Waals surface area contributed by atoms with Gasteiger partial charge in [-0.05, 0) is 46.3 Å². The lowest BCUT2D eigenvalue weighted by Gasteiger charge is -2.12. The fraction of sp³-hybridized carbons (Fsp3) is 0.143. The van der Waals surface area contributed by atoms with E-state index in [1.165, 1.54) is 0 Å². The zero-order valence-electron chi connectivity index (χ0n) is 10.1. The first-order valence-electron chi connectivity index (χ1n) is 5.50. The molecule has 100 valence electrons. The van der Waals surface area contributed by atoms with E-state index < -0.39 is 0 Å². The predicted molar refractivity (Wildman–Crippen MR) is 81.8 cm³/mol. The van der Waals surface area contributed by atoms with Crippen LogP contribution in [0.15, 0.2) is 40.9 Å². The molecule has 0 bridgehead atoms. The van der Waals surface area contributed by atoms with Crippen molar-refractivity contribution in [1.82, 2.24) is 0 Å². The molecular weight excluding hydrogens is 351 g/mol. The van der Waals surface area contributed by atoms with E-state index in [4.69, 9.17) is 32.7 Å². The summed E-state index contributed by atoms with van der Waals surface area (Å²) in [6, 6.07) is 10.9. The summed E-state index contributed by atoms with van der Waals surface area (Å²) in [6.07, 6.45) is 0. The van der Waals surface area contributed by atoms with E-state index in [0.717, 1.165) is 15.8 Å². The van der Waals surface area contributed by atoms with Gasteiger partial charge in [-0.25, -0.2) is 0 Å². The first-order chi connectivity index (χ1) is 9.13. The van der Waals surface area contributed by atoms with Crippen LogP contribution < -0.4 is 9.47 Å². The number of hydrogen-bond donors (Lipinski definition) is 0. The van der Waals surface area contributed by atoms with Gasteiger partial charge in [0.1, 0.15) is 17.2 Å². The van der Waals surface area contributed by atoms with Crippen molar-refractivity contribution in [2.24, 2.45) is 0 Å². The molecule has 0 fully saturated rings. The fourth-order valence-electron chi connectivity index (χ4n) is 1.54. The van der Waals surface area contributed by atoms with Crippen LogP contribution in [0.5, 0.6) is 17.2 Å². The Bertz CT molecular complexity index is 588. The van der Waals surface area contributed by atoms with Gasteiger partial charge >= 0.3 is 0 Å². The molecule has 2 nitrogen and oxygen atoms in total. The molecule has 2 aromatic rings. The Labute approximate surface area is 130 Å². The van der Waals surface area contributed by atoms with Gasteiger partial charge in [-0.1, -0.05) is 17.7 Å². The average Bonchev–Trinajstić information content (AvgIpc) is 2.41. The summed E-state index contributed by atoms with van der Waals surface area (Å²) >= 11 is 15.3. The molecule has 0 amide bonds. The van der Waals surface area contributed by atoms with E-state index in [1.807, 2.05) is 24.3 Å². The molecule has 0 saturated heterocycles. The highest BCUT2D eigenvalue weighted by atomic mass is 79.9. The molecule has 0 unspecified atom stereocenters. The summed E-state index contributed by atoms with van der Waals surface area (Å²) in [7, 11) is 1.62. The topological polar surface area (TPSA) is 18.5 Å². The SMILES string of the molecule is COc1ccc(Oc2cc(Cl)ccc2CCl)c(Br)c1. The molecule has 19 heavy (non-hydrogen) atoms. The predicted octanol–water partition coefficient (Wildman–Crippen LogP) is 5.64. The van der Waals surface area contributed by atoms with Crippen molar-refractivity contribution >= 4 is 39.1 Å². The molecule has 0 atom stereocenters. The van der Waals surface area contributed by atoms with Gasteiger partial charge in [0.2, 0.25) is 0 Å². The van der Waals surface area contributed by atoms with Crippen LogP contribution in [-0.2, 0) is 5.88 Å². The second kappa shape index (κ2) is 6.51. The molecule has 0 aliphatic rings. The van der Waals surface area contributed by atoms with Crippen LogP contribution in [0.1, 0.15) is 5.56 Å². The van der Waals surface area contributed by atoms with Crippen molar-refractivity contribution in [1.29, 1.82) is 0 Å². The van der Waals surface area contributed by atoms with Gasteiger partial charge in [-0.3, -0.25) is 0 Å². The quantitative estimate of drug-likeness (QED) is 0.656. The second-order valence-corrected chi connectivity index (χ2v) is 5.34. The van der Waals surface area contributed by atoms with Crippen molar-refractivity contribution in [3.8, 4) is 17.2 Å². The highest BCUT2D eigenvalue weighted by molar-refractivity contribution is 9.10. The first kappa shape index (κ1) is 14.5. The van der Waals surface area contributed by atoms with Gasteiger partial charge in [-0.2, -0.15) is 0 Å². The maximum absolute atomic E-state index is 5.97. The van der Waals surface area contributed by atoms with E-state index in [-0.39, 0.29) is 0 Å². The van der Waals surface area contributed by atoms with E-state index in [1.54, 1.807) is 19.2 Å². The van der Waals surface area contributed by atoms with Crippen molar-refractivity contribution < 1.29 is 9.47 Å². The van der Waals surface area contributed by atoms with E-state index >= 15 is 0 Å². The van der Waals surface area contributed by atoms with Crippen LogP contribution in [0.2, 0.25) is 5.02 Å². The van der Waals surface area contributed by atoms with Crippen molar-refractivity contribution in [2.45, 2.75) is 5.88 Å². The third-order valence-electron chi connectivity index (χ3n) is 2.53. The highest BCUT2D eigenvalue weighted by Crippen LogP contribution is 2.35. The lowest BCUT2D eigenvalue weighted by molar-refractivity contribution is 0.412. The van der Waals surface area contributed by atoms with Gasteiger partial charge in [0, 0.05) is 10.6 Å². The molecule has 0 aromatic heterocycles. The van der Waals surface area contributed by atoms with Crippen LogP contribution in [0.3, 0.4) is 0 Å². The number of halogens is 3. The van der Waals surface area contributed by atoms with Crippen molar-refractivity contribution in [3.05, 3.63) is 51.5 Å². The van der Waals surface area contributed by atoms with Crippen LogP contribution >= 0.6 is 39.1 Å². The molecule has 0 heterocycles. The highest BCUT2D eigenvalue weighted by Gasteiger charge is 2.09. The third-order valence-corrected chi connectivity index (χ3v) is 3.67. The maximum Gasteiger partial charge on any atom is 0.141 e. The van der Waals surface area contributed by atoms with Crippen LogP contribution in [0.4, 0.5) is 0 Å². The molecule has 0 radical (unpaired) electrons. The Kier molecular flexibility index (Phi) is 4.97. The number of benzene rings is 2. The standard InChI is InChI=1S/C14H11BrCl2O2/c1-18-11-4-5-13(12(15)7-11)19-14-6-10(17)3-2-9(14)8-16/h2-7H,8H2,1H3. The van der Waals surface area contributed by atoms with Gasteiger partial charge in [0.25, 0.3) is 0 Å². The molecule has 0 aliphatic heterocycles. The summed E-state index contributed by atoms with van der Waals surface area (Å²) < 4.78 is 11.8. The van der Waals surface area contributed by atoms with Gasteiger partial charge < -0.3 is 9.47 Å². The van der Waals surface area contributed by atoms with Crippen LogP contribution in [0, 0.1) is 0 Å². The summed E-state index contributed by atoms with van der Waals surface area (Å²) in [6.45, 7) is 0. The smallest absolute Gasteiger partial charge is 0.141 e. The minimum absolute atomic E-state index is 0.361. The number of rotatable bonds is 4. The molecule has 5 heteroatoms. The van der Waals surface area contributed by atoms with Crippen LogP contribution in [-0.4, -0.2) is 7.11 Å². The van der Waals surface area contributed by atoms with Crippen molar-refractivity contribution in [3.63, 3.8) is 0 Å². The molecule has 0 spiro atoms. The lowest BCUT2D eigenvalue weighted by Crippen LogP contribution is -1.91. The van der Waals surface area contributed by atoms with Gasteiger partial charge in [-0.15, -0.1) is 11.6 Å². The largest absolute Gasteiger partial charge is 0.497 e. The first-order valence-corrected chi connectivity index (χ1v) is 7.20. The minimum Gasteiger partial charge on any atom is -0.497 e. The number of hydrogen-bond acceptors (Lipinski definition) is 2. The van der Waals surface area contributed by atoms with E-state index in [2.05, 4.69) is 15.9 Å². The summed E-state index contributed by atoms with van der Waals surface area (Å²) in [4.78, 5) is 0. The summed E-state index contributed by atoms with van der Waals surface area (Å²) in [5.74, 6) is 2.44. The monoisotopic (exact) mass is 360 g/mol. The third kappa shape index (κ3) is 3.56. The molecule has 0 saturated carbocycles. The second-order valence-electron chi connectivity index (χ2n) is 3.78. The van der Waals surface area contributed by atoms with Gasteiger partial charge in [0.05, 0.1) is 17.5 Å². The molecule has 2 aromatic carbocycles. The van der Waals surface area contributed by atoms with E-state index in [9.17, 15) is 0 Å². The van der Waals surface area contributed by atoms with E-state index in [0.29, 0.717) is 22.4 Å². The molecule has 0 N–H and O–H groups in total. The molecular formula is C14H11BrCl2O2. The summed E-state index contributed by atoms with van der Waals surface area (Å²) in [5.41, 5.74) is 0.883.